The Labute approximate surface area is 162 Å². The maximum atomic E-state index is 12.2. The van der Waals surface area contributed by atoms with Gasteiger partial charge in [0.2, 0.25) is 0 Å². The van der Waals surface area contributed by atoms with Gasteiger partial charge in [0.05, 0.1) is 11.5 Å². The molecule has 0 bridgehead atoms. The Kier molecular flexibility index (Phi) is 7.08. The number of carbonyl (C=O) groups is 2. The van der Waals surface area contributed by atoms with E-state index in [9.17, 15) is 18.0 Å². The number of carbonyl (C=O) groups excluding carboxylic acids is 2. The lowest BCUT2D eigenvalue weighted by Crippen LogP contribution is -2.43. The second-order valence-electron chi connectivity index (χ2n) is 5.84. The molecule has 1 saturated heterocycles. The molecule has 1 amide bonds. The molecule has 1 aliphatic rings. The second kappa shape index (κ2) is 8.88. The van der Waals surface area contributed by atoms with Crippen LogP contribution in [0.25, 0.3) is 6.08 Å². The molecule has 0 saturated carbocycles. The number of benzene rings is 1. The number of amides is 1. The van der Waals surface area contributed by atoms with E-state index in [0.29, 0.717) is 28.6 Å². The molecule has 0 radical (unpaired) electrons. The van der Waals surface area contributed by atoms with Gasteiger partial charge in [0, 0.05) is 28.7 Å². The van der Waals surface area contributed by atoms with Gasteiger partial charge in [0.25, 0.3) is 5.91 Å². The molecular formula is C17H19Cl2NO5S. The molecule has 6 nitrogen and oxygen atoms in total. The zero-order valence-electron chi connectivity index (χ0n) is 14.2. The molecule has 9 heteroatoms. The lowest BCUT2D eigenvalue weighted by atomic mass is 10.2. The molecule has 1 aliphatic heterocycles. The van der Waals surface area contributed by atoms with Crippen molar-refractivity contribution in [2.24, 2.45) is 0 Å². The van der Waals surface area contributed by atoms with Crippen molar-refractivity contribution < 1.29 is 22.7 Å². The van der Waals surface area contributed by atoms with Crippen LogP contribution in [0.5, 0.6) is 0 Å². The van der Waals surface area contributed by atoms with Gasteiger partial charge in [0.15, 0.2) is 16.4 Å². The average molecular weight is 420 g/mol. The fourth-order valence-electron chi connectivity index (χ4n) is 2.72. The molecule has 1 heterocycles. The minimum absolute atomic E-state index is 0.0461. The minimum Gasteiger partial charge on any atom is -0.452 e. The number of hydrogen-bond acceptors (Lipinski definition) is 5. The number of sulfone groups is 1. The number of esters is 1. The summed E-state index contributed by atoms with van der Waals surface area (Å²) >= 11 is 11.8. The molecule has 0 aliphatic carbocycles. The largest absolute Gasteiger partial charge is 0.452 e. The summed E-state index contributed by atoms with van der Waals surface area (Å²) in [6, 6.07) is 4.47. The van der Waals surface area contributed by atoms with Gasteiger partial charge >= 0.3 is 5.97 Å². The molecule has 0 unspecified atom stereocenters. The van der Waals surface area contributed by atoms with E-state index < -0.39 is 28.3 Å². The van der Waals surface area contributed by atoms with Crippen LogP contribution >= 0.6 is 23.2 Å². The molecule has 0 aromatic heterocycles. The van der Waals surface area contributed by atoms with Crippen LogP contribution in [0.2, 0.25) is 10.0 Å². The summed E-state index contributed by atoms with van der Waals surface area (Å²) in [5.41, 5.74) is 0.589. The van der Waals surface area contributed by atoms with Gasteiger partial charge in [-0.3, -0.25) is 4.79 Å². The first-order chi connectivity index (χ1) is 12.2. The van der Waals surface area contributed by atoms with E-state index >= 15 is 0 Å². The topological polar surface area (TPSA) is 80.8 Å². The Hall–Kier alpha value is -1.57. The van der Waals surface area contributed by atoms with E-state index in [4.69, 9.17) is 27.9 Å². The van der Waals surface area contributed by atoms with E-state index in [1.165, 1.54) is 17.1 Å². The van der Waals surface area contributed by atoms with Crippen molar-refractivity contribution in [3.05, 3.63) is 39.9 Å². The Morgan fingerprint density at radius 1 is 1.35 bits per heavy atom. The van der Waals surface area contributed by atoms with Gasteiger partial charge in [-0.15, -0.1) is 0 Å². The highest BCUT2D eigenvalue weighted by atomic mass is 35.5. The van der Waals surface area contributed by atoms with Crippen molar-refractivity contribution in [1.82, 2.24) is 4.90 Å². The molecule has 1 aromatic carbocycles. The third-order valence-electron chi connectivity index (χ3n) is 4.01. The fourth-order valence-corrected chi connectivity index (χ4v) is 4.92. The number of nitrogens with zero attached hydrogens (tertiary/aromatic N) is 1. The highest BCUT2D eigenvalue weighted by molar-refractivity contribution is 7.91. The molecule has 1 aromatic rings. The van der Waals surface area contributed by atoms with Crippen LogP contribution in [-0.2, 0) is 24.2 Å². The highest BCUT2D eigenvalue weighted by Crippen LogP contribution is 2.22. The third-order valence-corrected chi connectivity index (χ3v) is 6.32. The van der Waals surface area contributed by atoms with Crippen molar-refractivity contribution >= 4 is 51.0 Å². The van der Waals surface area contributed by atoms with Crippen LogP contribution in [0.4, 0.5) is 0 Å². The summed E-state index contributed by atoms with van der Waals surface area (Å²) in [6.45, 7) is 1.67. The van der Waals surface area contributed by atoms with E-state index in [0.717, 1.165) is 0 Å². The minimum atomic E-state index is -3.10. The predicted octanol–water partition coefficient (Wildman–Crippen LogP) is 2.59. The summed E-state index contributed by atoms with van der Waals surface area (Å²) < 4.78 is 28.1. The number of rotatable bonds is 6. The summed E-state index contributed by atoms with van der Waals surface area (Å²) in [5.74, 6) is -1.08. The number of hydrogen-bond donors (Lipinski definition) is 0. The first-order valence-corrected chi connectivity index (χ1v) is 10.6. The van der Waals surface area contributed by atoms with Crippen molar-refractivity contribution in [2.75, 3.05) is 24.7 Å². The van der Waals surface area contributed by atoms with Crippen LogP contribution in [-0.4, -0.2) is 55.9 Å². The van der Waals surface area contributed by atoms with E-state index in [1.807, 2.05) is 0 Å². The van der Waals surface area contributed by atoms with Crippen LogP contribution < -0.4 is 0 Å². The SMILES string of the molecule is CCN(C(=O)COC(=O)/C=C/c1ccc(Cl)cc1Cl)[C@H]1CCS(=O)(=O)C1. The summed E-state index contributed by atoms with van der Waals surface area (Å²) in [5, 5.41) is 0.867. The van der Waals surface area contributed by atoms with Gasteiger partial charge in [-0.2, -0.15) is 0 Å². The Morgan fingerprint density at radius 3 is 2.65 bits per heavy atom. The Balaban J connectivity index is 1.89. The zero-order chi connectivity index (χ0) is 19.3. The van der Waals surface area contributed by atoms with Gasteiger partial charge in [0.1, 0.15) is 0 Å². The van der Waals surface area contributed by atoms with Gasteiger partial charge in [-0.1, -0.05) is 29.3 Å². The Bertz CT molecular complexity index is 822. The number of halogens is 2. The van der Waals surface area contributed by atoms with E-state index in [-0.39, 0.29) is 17.5 Å². The predicted molar refractivity (Wildman–Crippen MR) is 101 cm³/mol. The molecule has 0 spiro atoms. The summed E-state index contributed by atoms with van der Waals surface area (Å²) in [6.07, 6.45) is 3.04. The Morgan fingerprint density at radius 2 is 2.08 bits per heavy atom. The van der Waals surface area contributed by atoms with Crippen molar-refractivity contribution in [3.8, 4) is 0 Å². The first kappa shape index (κ1) is 20.7. The number of likely N-dealkylation sites (N-methyl/N-ethyl adjacent to an activating group) is 1. The highest BCUT2D eigenvalue weighted by Gasteiger charge is 2.34. The number of ether oxygens (including phenoxy) is 1. The molecule has 1 fully saturated rings. The fraction of sp³-hybridized carbons (Fsp3) is 0.412. The molecule has 1 atom stereocenters. The van der Waals surface area contributed by atoms with Gasteiger partial charge < -0.3 is 9.64 Å². The third kappa shape index (κ3) is 5.72. The summed E-state index contributed by atoms with van der Waals surface area (Å²) in [4.78, 5) is 25.5. The maximum absolute atomic E-state index is 12.2. The molecule has 0 N–H and O–H groups in total. The van der Waals surface area contributed by atoms with Crippen molar-refractivity contribution in [2.45, 2.75) is 19.4 Å². The molecule has 2 rings (SSSR count). The van der Waals surface area contributed by atoms with E-state index in [1.54, 1.807) is 25.1 Å². The standard InChI is InChI=1S/C17H19Cl2NO5S/c1-2-20(14-7-8-26(23,24)11-14)16(21)10-25-17(22)6-4-12-3-5-13(18)9-15(12)19/h3-6,9,14H,2,7-8,10-11H2,1H3/b6-4+/t14-/m0/s1. The average Bonchev–Trinajstić information content (AvgIpc) is 2.92. The van der Waals surface area contributed by atoms with Crippen molar-refractivity contribution in [3.63, 3.8) is 0 Å². The van der Waals surface area contributed by atoms with E-state index in [2.05, 4.69) is 0 Å². The maximum Gasteiger partial charge on any atom is 0.331 e. The van der Waals surface area contributed by atoms with Crippen LogP contribution in [0.1, 0.15) is 18.9 Å². The molecular weight excluding hydrogens is 401 g/mol. The quantitative estimate of drug-likeness (QED) is 0.522. The molecule has 26 heavy (non-hydrogen) atoms. The van der Waals surface area contributed by atoms with Crippen LogP contribution in [0.3, 0.4) is 0 Å². The smallest absolute Gasteiger partial charge is 0.331 e. The second-order valence-corrected chi connectivity index (χ2v) is 8.92. The first-order valence-electron chi connectivity index (χ1n) is 8.01. The zero-order valence-corrected chi connectivity index (χ0v) is 16.5. The van der Waals surface area contributed by atoms with Gasteiger partial charge in [-0.25, -0.2) is 13.2 Å². The normalized spacial score (nSPS) is 18.8. The lowest BCUT2D eigenvalue weighted by Gasteiger charge is -2.26. The van der Waals surface area contributed by atoms with Crippen LogP contribution in [0.15, 0.2) is 24.3 Å². The molecule has 142 valence electrons. The van der Waals surface area contributed by atoms with Gasteiger partial charge in [-0.05, 0) is 37.1 Å². The van der Waals surface area contributed by atoms with Crippen LogP contribution in [0, 0.1) is 0 Å². The monoisotopic (exact) mass is 419 g/mol. The van der Waals surface area contributed by atoms with Crippen molar-refractivity contribution in [1.29, 1.82) is 0 Å². The lowest BCUT2D eigenvalue weighted by molar-refractivity contribution is -0.149. The summed E-state index contributed by atoms with van der Waals surface area (Å²) in [7, 11) is -3.10.